The van der Waals surface area contributed by atoms with Gasteiger partial charge < -0.3 is 15.5 Å². The molecule has 1 unspecified atom stereocenters. The third-order valence-electron chi connectivity index (χ3n) is 6.41. The number of benzene rings is 1. The number of fused-ring (bicyclic) bond motifs is 2. The summed E-state index contributed by atoms with van der Waals surface area (Å²) in [5, 5.41) is 8.51. The smallest absolute Gasteiger partial charge is 0.221 e. The van der Waals surface area contributed by atoms with Crippen molar-refractivity contribution in [3.8, 4) is 22.6 Å². The van der Waals surface area contributed by atoms with Crippen LogP contribution in [0.2, 0.25) is 0 Å². The molecule has 9 heteroatoms. The standard InChI is InChI=1S/C28H24N8O/c1-17(22-15-21-10-4-6-13-35(21)26(22)23-11-3-5-12-30-23)36-28-24(27(29)31-16-32-28)25(34-36)19-8-7-9-20(14-19)33-18(2)37/h3-17H,1-2H3,(H,33,37)(H2,29,31,32). The highest BCUT2D eigenvalue weighted by Crippen LogP contribution is 2.37. The van der Waals surface area contributed by atoms with Gasteiger partial charge in [-0.25, -0.2) is 14.6 Å². The van der Waals surface area contributed by atoms with E-state index in [2.05, 4.69) is 43.7 Å². The van der Waals surface area contributed by atoms with Gasteiger partial charge in [-0.05, 0) is 49.4 Å². The molecule has 182 valence electrons. The number of carbonyl (C=O) groups is 1. The monoisotopic (exact) mass is 488 g/mol. The minimum absolute atomic E-state index is 0.146. The number of nitrogens with one attached hydrogen (secondary N) is 1. The molecule has 3 N–H and O–H groups in total. The van der Waals surface area contributed by atoms with Gasteiger partial charge in [0.05, 0.1) is 22.8 Å². The van der Waals surface area contributed by atoms with Crippen molar-refractivity contribution in [3.63, 3.8) is 0 Å². The largest absolute Gasteiger partial charge is 0.383 e. The molecule has 9 nitrogen and oxygen atoms in total. The number of aromatic nitrogens is 6. The molecule has 6 rings (SSSR count). The van der Waals surface area contributed by atoms with Crippen molar-refractivity contribution in [1.82, 2.24) is 29.1 Å². The number of pyridine rings is 2. The Morgan fingerprint density at radius 3 is 2.68 bits per heavy atom. The number of nitrogen functional groups attached to an aromatic ring is 1. The summed E-state index contributed by atoms with van der Waals surface area (Å²) < 4.78 is 4.02. The second-order valence-corrected chi connectivity index (χ2v) is 8.85. The van der Waals surface area contributed by atoms with Crippen LogP contribution in [0.5, 0.6) is 0 Å². The Morgan fingerprint density at radius 2 is 1.86 bits per heavy atom. The molecule has 6 aromatic rings. The average Bonchev–Trinajstić information content (AvgIpc) is 3.49. The number of amides is 1. The van der Waals surface area contributed by atoms with E-state index in [0.717, 1.165) is 28.0 Å². The normalized spacial score (nSPS) is 12.2. The Morgan fingerprint density at radius 1 is 1.00 bits per heavy atom. The van der Waals surface area contributed by atoms with Crippen LogP contribution in [-0.4, -0.2) is 35.0 Å². The Hall–Kier alpha value is -5.05. The Bertz CT molecular complexity index is 1770. The summed E-state index contributed by atoms with van der Waals surface area (Å²) in [6, 6.07) is 21.4. The summed E-state index contributed by atoms with van der Waals surface area (Å²) in [5.74, 6) is 0.196. The Balaban J connectivity index is 1.56. The molecule has 0 spiro atoms. The van der Waals surface area contributed by atoms with E-state index in [4.69, 9.17) is 10.8 Å². The summed E-state index contributed by atoms with van der Waals surface area (Å²) in [6.45, 7) is 3.56. The molecular weight excluding hydrogens is 464 g/mol. The lowest BCUT2D eigenvalue weighted by Gasteiger charge is -2.15. The van der Waals surface area contributed by atoms with E-state index in [0.29, 0.717) is 28.2 Å². The summed E-state index contributed by atoms with van der Waals surface area (Å²) >= 11 is 0. The second-order valence-electron chi connectivity index (χ2n) is 8.85. The summed E-state index contributed by atoms with van der Waals surface area (Å²) in [4.78, 5) is 25.1. The zero-order valence-electron chi connectivity index (χ0n) is 20.3. The first-order chi connectivity index (χ1) is 18.0. The highest BCUT2D eigenvalue weighted by molar-refractivity contribution is 5.99. The van der Waals surface area contributed by atoms with Gasteiger partial charge in [0.25, 0.3) is 0 Å². The third kappa shape index (κ3) is 3.86. The number of nitrogens with zero attached hydrogens (tertiary/aromatic N) is 6. The van der Waals surface area contributed by atoms with Crippen LogP contribution in [0.3, 0.4) is 0 Å². The van der Waals surface area contributed by atoms with E-state index in [1.54, 1.807) is 6.20 Å². The lowest BCUT2D eigenvalue weighted by atomic mass is 10.1. The minimum Gasteiger partial charge on any atom is -0.383 e. The molecule has 5 aromatic heterocycles. The van der Waals surface area contributed by atoms with Crippen LogP contribution in [0.15, 0.2) is 85.5 Å². The third-order valence-corrected chi connectivity index (χ3v) is 6.41. The predicted molar refractivity (Wildman–Crippen MR) is 144 cm³/mol. The van der Waals surface area contributed by atoms with Crippen LogP contribution in [0, 0.1) is 0 Å². The van der Waals surface area contributed by atoms with Gasteiger partial charge in [-0.15, -0.1) is 0 Å². The lowest BCUT2D eigenvalue weighted by molar-refractivity contribution is -0.114. The van der Waals surface area contributed by atoms with Crippen molar-refractivity contribution in [2.24, 2.45) is 0 Å². The van der Waals surface area contributed by atoms with Crippen LogP contribution in [0.25, 0.3) is 39.2 Å². The number of nitrogens with two attached hydrogens (primary N) is 1. The molecule has 5 heterocycles. The van der Waals surface area contributed by atoms with Crippen LogP contribution in [0.1, 0.15) is 25.5 Å². The zero-order chi connectivity index (χ0) is 25.5. The second kappa shape index (κ2) is 8.87. The number of rotatable bonds is 5. The molecule has 0 aliphatic rings. The van der Waals surface area contributed by atoms with Gasteiger partial charge in [-0.2, -0.15) is 5.10 Å². The van der Waals surface area contributed by atoms with Crippen molar-refractivity contribution in [3.05, 3.63) is 91.0 Å². The van der Waals surface area contributed by atoms with Gasteiger partial charge in [0.15, 0.2) is 5.65 Å². The average molecular weight is 489 g/mol. The van der Waals surface area contributed by atoms with Crippen molar-refractivity contribution in [1.29, 1.82) is 0 Å². The summed E-state index contributed by atoms with van der Waals surface area (Å²) in [7, 11) is 0. The quantitative estimate of drug-likeness (QED) is 0.354. The Labute approximate surface area is 212 Å². The molecule has 0 fully saturated rings. The number of carbonyl (C=O) groups excluding carboxylic acids is 1. The molecule has 1 amide bonds. The first-order valence-electron chi connectivity index (χ1n) is 11.9. The van der Waals surface area contributed by atoms with E-state index >= 15 is 0 Å². The number of hydrogen-bond acceptors (Lipinski definition) is 6. The molecule has 0 saturated heterocycles. The molecule has 0 aliphatic heterocycles. The first-order valence-corrected chi connectivity index (χ1v) is 11.9. The minimum atomic E-state index is -0.207. The molecule has 1 atom stereocenters. The maximum atomic E-state index is 11.6. The van der Waals surface area contributed by atoms with Crippen LogP contribution >= 0.6 is 0 Å². The van der Waals surface area contributed by atoms with Gasteiger partial charge in [0.1, 0.15) is 17.8 Å². The maximum Gasteiger partial charge on any atom is 0.221 e. The Kier molecular flexibility index (Phi) is 5.37. The molecule has 0 bridgehead atoms. The summed E-state index contributed by atoms with van der Waals surface area (Å²) in [6.07, 6.45) is 5.29. The maximum absolute atomic E-state index is 11.6. The van der Waals surface area contributed by atoms with Crippen LogP contribution in [-0.2, 0) is 4.79 Å². The number of hydrogen-bond donors (Lipinski definition) is 2. The zero-order valence-corrected chi connectivity index (χ0v) is 20.3. The fraction of sp³-hybridized carbons (Fsp3) is 0.107. The number of anilines is 2. The van der Waals surface area contributed by atoms with Gasteiger partial charge in [0, 0.05) is 41.6 Å². The van der Waals surface area contributed by atoms with E-state index in [-0.39, 0.29) is 11.9 Å². The van der Waals surface area contributed by atoms with Gasteiger partial charge in [-0.3, -0.25) is 9.78 Å². The SMILES string of the molecule is CC(=O)Nc1cccc(-c2nn(C(C)c3cc4ccccn4c3-c3ccccn3)c3ncnc(N)c23)c1. The van der Waals surface area contributed by atoms with Gasteiger partial charge >= 0.3 is 0 Å². The van der Waals surface area contributed by atoms with Crippen molar-refractivity contribution < 1.29 is 4.79 Å². The van der Waals surface area contributed by atoms with E-state index in [9.17, 15) is 4.79 Å². The highest BCUT2D eigenvalue weighted by Gasteiger charge is 2.25. The van der Waals surface area contributed by atoms with Gasteiger partial charge in [0.2, 0.25) is 5.91 Å². The first kappa shape index (κ1) is 22.4. The van der Waals surface area contributed by atoms with Crippen molar-refractivity contribution >= 4 is 34.0 Å². The topological polar surface area (TPSA) is 116 Å². The molecule has 0 aliphatic carbocycles. The van der Waals surface area contributed by atoms with E-state index < -0.39 is 0 Å². The van der Waals surface area contributed by atoms with E-state index in [1.165, 1.54) is 13.3 Å². The fourth-order valence-corrected chi connectivity index (χ4v) is 4.78. The fourth-order valence-electron chi connectivity index (χ4n) is 4.78. The molecule has 0 saturated carbocycles. The van der Waals surface area contributed by atoms with Crippen LogP contribution < -0.4 is 11.1 Å². The van der Waals surface area contributed by atoms with Crippen molar-refractivity contribution in [2.75, 3.05) is 11.1 Å². The highest BCUT2D eigenvalue weighted by atomic mass is 16.1. The molecule has 0 radical (unpaired) electrons. The van der Waals surface area contributed by atoms with E-state index in [1.807, 2.05) is 65.5 Å². The molecule has 37 heavy (non-hydrogen) atoms. The van der Waals surface area contributed by atoms with Gasteiger partial charge in [-0.1, -0.05) is 24.3 Å². The lowest BCUT2D eigenvalue weighted by Crippen LogP contribution is -2.10. The molecular formula is C28H24N8O. The predicted octanol–water partition coefficient (Wildman–Crippen LogP) is 4.96. The summed E-state index contributed by atoms with van der Waals surface area (Å²) in [5.41, 5.74) is 13.1. The van der Waals surface area contributed by atoms with Crippen molar-refractivity contribution in [2.45, 2.75) is 19.9 Å². The van der Waals surface area contributed by atoms with Crippen LogP contribution in [0.4, 0.5) is 11.5 Å². The molecule has 1 aromatic carbocycles.